The summed E-state index contributed by atoms with van der Waals surface area (Å²) in [6.07, 6.45) is 0. The van der Waals surface area contributed by atoms with Gasteiger partial charge in [0.25, 0.3) is 0 Å². The first-order valence-corrected chi connectivity index (χ1v) is 2.03. The van der Waals surface area contributed by atoms with Crippen LogP contribution in [0.25, 0.3) is 0 Å². The fraction of sp³-hybridized carbons (Fsp3) is 0.250. The minimum absolute atomic E-state index is 0.188. The minimum atomic E-state index is 0.188. The van der Waals surface area contributed by atoms with Crippen LogP contribution in [-0.4, -0.2) is 5.90 Å². The Morgan fingerprint density at radius 1 is 1.75 bits per heavy atom. The maximum absolute atomic E-state index is 5.05. The lowest BCUT2D eigenvalue weighted by molar-refractivity contribution is 0.317. The van der Waals surface area contributed by atoms with Crippen LogP contribution < -0.4 is 11.6 Å². The molecule has 46 valence electrons. The summed E-state index contributed by atoms with van der Waals surface area (Å²) in [6.45, 7) is 4.88. The highest BCUT2D eigenvalue weighted by molar-refractivity contribution is 5.73. The van der Waals surface area contributed by atoms with Crippen molar-refractivity contribution in [3.8, 4) is 0 Å². The van der Waals surface area contributed by atoms with Crippen molar-refractivity contribution in [2.45, 2.75) is 6.92 Å². The summed E-state index contributed by atoms with van der Waals surface area (Å²) in [7, 11) is 0. The average molecular weight is 115 g/mol. The summed E-state index contributed by atoms with van der Waals surface area (Å²) in [5.74, 6) is 5.18. The van der Waals surface area contributed by atoms with Crippen LogP contribution >= 0.6 is 0 Å². The van der Waals surface area contributed by atoms with E-state index in [1.54, 1.807) is 6.92 Å². The molecule has 0 fully saturated rings. The van der Waals surface area contributed by atoms with E-state index in [0.29, 0.717) is 5.90 Å². The van der Waals surface area contributed by atoms with Gasteiger partial charge in [-0.25, -0.2) is 0 Å². The first-order chi connectivity index (χ1) is 3.66. The van der Waals surface area contributed by atoms with Gasteiger partial charge in [0.15, 0.2) is 0 Å². The molecule has 0 spiro atoms. The van der Waals surface area contributed by atoms with Gasteiger partial charge in [0, 0.05) is 6.92 Å². The Bertz CT molecular complexity index is 118. The molecule has 0 aliphatic carbocycles. The van der Waals surface area contributed by atoms with E-state index in [9.17, 15) is 0 Å². The van der Waals surface area contributed by atoms with Gasteiger partial charge in [-0.15, -0.1) is 0 Å². The highest BCUT2D eigenvalue weighted by atomic mass is 16.6. The van der Waals surface area contributed by atoms with Crippen LogP contribution in [0.3, 0.4) is 0 Å². The molecular weight excluding hydrogens is 106 g/mol. The summed E-state index contributed by atoms with van der Waals surface area (Å²) in [6, 6.07) is 0. The molecule has 0 bridgehead atoms. The SMILES string of the molecule is C=C(N)N=C(C)ON. The van der Waals surface area contributed by atoms with Crippen LogP contribution in [0.4, 0.5) is 0 Å². The molecule has 0 heterocycles. The molecule has 0 atom stereocenters. The quantitative estimate of drug-likeness (QED) is 0.280. The van der Waals surface area contributed by atoms with Crippen molar-refractivity contribution in [2.24, 2.45) is 16.6 Å². The molecule has 0 saturated heterocycles. The second-order valence-corrected chi connectivity index (χ2v) is 1.24. The van der Waals surface area contributed by atoms with Crippen molar-refractivity contribution in [1.82, 2.24) is 0 Å². The zero-order chi connectivity index (χ0) is 6.57. The van der Waals surface area contributed by atoms with Gasteiger partial charge < -0.3 is 10.6 Å². The molecule has 4 nitrogen and oxygen atoms in total. The number of nitrogens with zero attached hydrogens (tertiary/aromatic N) is 1. The van der Waals surface area contributed by atoms with Crippen molar-refractivity contribution in [1.29, 1.82) is 0 Å². The highest BCUT2D eigenvalue weighted by Gasteiger charge is 1.83. The lowest BCUT2D eigenvalue weighted by atomic mass is 10.7. The molecule has 0 unspecified atom stereocenters. The Balaban J connectivity index is 3.75. The van der Waals surface area contributed by atoms with E-state index in [-0.39, 0.29) is 5.82 Å². The van der Waals surface area contributed by atoms with Gasteiger partial charge in [0.2, 0.25) is 5.90 Å². The molecule has 0 aromatic rings. The summed E-state index contributed by atoms with van der Waals surface area (Å²) in [5, 5.41) is 0. The smallest absolute Gasteiger partial charge is 0.212 e. The molecule has 0 aliphatic rings. The Morgan fingerprint density at radius 2 is 2.25 bits per heavy atom. The number of rotatable bonds is 1. The van der Waals surface area contributed by atoms with E-state index in [1.165, 1.54) is 0 Å². The summed E-state index contributed by atoms with van der Waals surface area (Å²) in [4.78, 5) is 7.72. The molecule has 0 radical (unpaired) electrons. The van der Waals surface area contributed by atoms with Crippen molar-refractivity contribution in [2.75, 3.05) is 0 Å². The van der Waals surface area contributed by atoms with Gasteiger partial charge in [0.05, 0.1) is 0 Å². The van der Waals surface area contributed by atoms with Crippen LogP contribution in [0.1, 0.15) is 6.92 Å². The number of hydrogen-bond donors (Lipinski definition) is 2. The Labute approximate surface area is 47.8 Å². The second-order valence-electron chi connectivity index (χ2n) is 1.24. The topological polar surface area (TPSA) is 73.6 Å². The number of nitrogens with two attached hydrogens (primary N) is 2. The molecule has 4 heteroatoms. The molecule has 4 N–H and O–H groups in total. The molecule has 0 saturated carbocycles. The van der Waals surface area contributed by atoms with E-state index in [0.717, 1.165) is 0 Å². The lowest BCUT2D eigenvalue weighted by Gasteiger charge is -1.93. The predicted molar refractivity (Wildman–Crippen MR) is 31.7 cm³/mol. The summed E-state index contributed by atoms with van der Waals surface area (Å²) < 4.78 is 0. The van der Waals surface area contributed by atoms with E-state index in [4.69, 9.17) is 11.6 Å². The monoisotopic (exact) mass is 115 g/mol. The third-order valence-electron chi connectivity index (χ3n) is 0.472. The Morgan fingerprint density at radius 3 is 2.38 bits per heavy atom. The fourth-order valence-electron chi connectivity index (χ4n) is 0.229. The zero-order valence-corrected chi connectivity index (χ0v) is 4.72. The summed E-state index contributed by atoms with van der Waals surface area (Å²) >= 11 is 0. The van der Waals surface area contributed by atoms with Gasteiger partial charge in [-0.3, -0.25) is 0 Å². The van der Waals surface area contributed by atoms with Crippen molar-refractivity contribution >= 4 is 5.90 Å². The van der Waals surface area contributed by atoms with Crippen LogP contribution in [0.15, 0.2) is 17.4 Å². The average Bonchev–Trinajstić information content (AvgIpc) is 1.65. The van der Waals surface area contributed by atoms with E-state index < -0.39 is 0 Å². The third kappa shape index (κ3) is 3.17. The molecule has 0 amide bonds. The first kappa shape index (κ1) is 6.97. The fourth-order valence-corrected chi connectivity index (χ4v) is 0.229. The normalized spacial score (nSPS) is 11.0. The van der Waals surface area contributed by atoms with Crippen LogP contribution in [0, 0.1) is 0 Å². The van der Waals surface area contributed by atoms with Gasteiger partial charge in [-0.05, 0) is 0 Å². The zero-order valence-electron chi connectivity index (χ0n) is 4.72. The molecule has 0 rings (SSSR count). The third-order valence-corrected chi connectivity index (χ3v) is 0.472. The molecular formula is C4H9N3O. The van der Waals surface area contributed by atoms with Crippen LogP contribution in [0.5, 0.6) is 0 Å². The van der Waals surface area contributed by atoms with Gasteiger partial charge >= 0.3 is 0 Å². The highest BCUT2D eigenvalue weighted by Crippen LogP contribution is 1.81. The minimum Gasteiger partial charge on any atom is -0.396 e. The van der Waals surface area contributed by atoms with E-state index in [2.05, 4.69) is 16.4 Å². The summed E-state index contributed by atoms with van der Waals surface area (Å²) in [5.41, 5.74) is 5.05. The van der Waals surface area contributed by atoms with Gasteiger partial charge in [-0.2, -0.15) is 10.9 Å². The van der Waals surface area contributed by atoms with E-state index >= 15 is 0 Å². The van der Waals surface area contributed by atoms with Crippen molar-refractivity contribution in [3.05, 3.63) is 12.4 Å². The Kier molecular flexibility index (Phi) is 2.64. The van der Waals surface area contributed by atoms with Crippen molar-refractivity contribution in [3.63, 3.8) is 0 Å². The van der Waals surface area contributed by atoms with Gasteiger partial charge in [-0.1, -0.05) is 6.58 Å². The second kappa shape index (κ2) is 3.04. The lowest BCUT2D eigenvalue weighted by Crippen LogP contribution is -2.07. The molecule has 0 aromatic carbocycles. The van der Waals surface area contributed by atoms with Gasteiger partial charge in [0.1, 0.15) is 5.82 Å². The predicted octanol–water partition coefficient (Wildman–Crippen LogP) is -0.275. The number of hydrogen-bond acceptors (Lipinski definition) is 4. The largest absolute Gasteiger partial charge is 0.396 e. The maximum Gasteiger partial charge on any atom is 0.212 e. The standard InChI is InChI=1S/C4H9N3O/c1-3(5)7-4(2)8-6/h1,5-6H2,2H3. The van der Waals surface area contributed by atoms with E-state index in [1.807, 2.05) is 0 Å². The molecule has 0 aromatic heterocycles. The van der Waals surface area contributed by atoms with Crippen LogP contribution in [0.2, 0.25) is 0 Å². The maximum atomic E-state index is 5.05. The Hall–Kier alpha value is -1.03. The molecule has 0 aliphatic heterocycles. The first-order valence-electron chi connectivity index (χ1n) is 2.03. The van der Waals surface area contributed by atoms with Crippen LogP contribution in [-0.2, 0) is 4.84 Å². The number of aliphatic imine (C=N–C) groups is 1. The van der Waals surface area contributed by atoms with Crippen molar-refractivity contribution < 1.29 is 4.84 Å². The molecule has 8 heavy (non-hydrogen) atoms.